The monoisotopic (exact) mass is 490 g/mol. The molecule has 37 heavy (non-hydrogen) atoms. The van der Waals surface area contributed by atoms with Gasteiger partial charge in [0.15, 0.2) is 0 Å². The summed E-state index contributed by atoms with van der Waals surface area (Å²) in [6, 6.07) is 22.5. The van der Waals surface area contributed by atoms with Crippen molar-refractivity contribution in [1.82, 2.24) is 0 Å². The molecule has 178 valence electrons. The van der Waals surface area contributed by atoms with E-state index < -0.39 is 8.07 Å². The summed E-state index contributed by atoms with van der Waals surface area (Å²) < 4.78 is 0. The minimum Gasteiger partial charge on any atom is -0.103 e. The number of hydrogen-bond donors (Lipinski definition) is 0. The molecule has 0 bridgehead atoms. The third-order valence-corrected chi connectivity index (χ3v) is 12.6. The first-order chi connectivity index (χ1) is 18.3. The van der Waals surface area contributed by atoms with E-state index in [0.29, 0.717) is 0 Å². The second kappa shape index (κ2) is 10.5. The third-order valence-electron chi connectivity index (χ3n) is 7.71. The number of allylic oxidation sites excluding steroid dienone is 10. The highest BCUT2D eigenvalue weighted by Gasteiger charge is 2.63. The average Bonchev–Trinajstić information content (AvgIpc) is 3.51. The lowest BCUT2D eigenvalue weighted by atomic mass is 9.84. The maximum atomic E-state index is 4.08. The second-order valence-electron chi connectivity index (χ2n) is 9.73. The number of fused-ring (bicyclic) bond motifs is 2. The molecule has 2 fully saturated rings. The van der Waals surface area contributed by atoms with Crippen molar-refractivity contribution in [2.24, 2.45) is 0 Å². The van der Waals surface area contributed by atoms with Crippen LogP contribution in [0.2, 0.25) is 0 Å². The maximum Gasteiger partial charge on any atom is 0.133 e. The number of benzene rings is 2. The van der Waals surface area contributed by atoms with Crippen LogP contribution in [-0.4, -0.2) is 8.07 Å². The first-order valence-corrected chi connectivity index (χ1v) is 15.0. The predicted molar refractivity (Wildman–Crippen MR) is 159 cm³/mol. The zero-order chi connectivity index (χ0) is 25.2. The summed E-state index contributed by atoms with van der Waals surface area (Å²) >= 11 is 0. The summed E-state index contributed by atoms with van der Waals surface area (Å²) in [6.45, 7) is 8.15. The van der Waals surface area contributed by atoms with E-state index in [1.165, 1.54) is 57.0 Å². The Morgan fingerprint density at radius 2 is 0.892 bits per heavy atom. The van der Waals surface area contributed by atoms with Crippen LogP contribution in [0, 0.1) is 59.4 Å². The van der Waals surface area contributed by atoms with E-state index in [9.17, 15) is 0 Å². The van der Waals surface area contributed by atoms with Gasteiger partial charge in [0.2, 0.25) is 0 Å². The first-order valence-electron chi connectivity index (χ1n) is 13.0. The fourth-order valence-electron chi connectivity index (χ4n) is 6.23. The highest BCUT2D eigenvalue weighted by Crippen LogP contribution is 2.61. The van der Waals surface area contributed by atoms with E-state index >= 15 is 0 Å². The molecule has 0 N–H and O–H groups in total. The van der Waals surface area contributed by atoms with Crippen LogP contribution >= 0.6 is 0 Å². The number of hydrogen-bond acceptors (Lipinski definition) is 0. The second-order valence-corrected chi connectivity index (χ2v) is 13.5. The summed E-state index contributed by atoms with van der Waals surface area (Å²) in [7, 11) is -2.71. The lowest BCUT2D eigenvalue weighted by molar-refractivity contribution is 1.02. The van der Waals surface area contributed by atoms with Gasteiger partial charge in [-0.1, -0.05) is 132 Å². The molecule has 0 aromatic heterocycles. The Labute approximate surface area is 224 Å². The van der Waals surface area contributed by atoms with Crippen molar-refractivity contribution in [2.45, 2.75) is 12.8 Å². The summed E-state index contributed by atoms with van der Waals surface area (Å²) in [4.78, 5) is 0. The van der Waals surface area contributed by atoms with Gasteiger partial charge in [0.1, 0.15) is 8.07 Å². The van der Waals surface area contributed by atoms with E-state index in [4.69, 9.17) is 0 Å². The van der Waals surface area contributed by atoms with Gasteiger partial charge in [-0.25, -0.2) is 0 Å². The fourth-order valence-corrected chi connectivity index (χ4v) is 11.5. The minimum atomic E-state index is -2.71. The van der Waals surface area contributed by atoms with Crippen LogP contribution in [-0.2, 0) is 0 Å². The van der Waals surface area contributed by atoms with Crippen molar-refractivity contribution in [3.63, 3.8) is 0 Å². The van der Waals surface area contributed by atoms with Crippen molar-refractivity contribution < 1.29 is 0 Å². The van der Waals surface area contributed by atoms with Gasteiger partial charge in [-0.3, -0.25) is 0 Å². The van der Waals surface area contributed by atoms with E-state index in [0.717, 1.165) is 12.8 Å². The SMILES string of the molecule is C=CC[C]1[CH][C]([Si]([C]2[CH][C](CC=C)[C]3C=CC=C[C]32)(c2ccccc2)c2ccccc2)[C]2C=CC=C[C]12. The molecule has 0 amide bonds. The minimum absolute atomic E-state index is 0.859. The van der Waals surface area contributed by atoms with E-state index in [1.807, 2.05) is 12.2 Å². The van der Waals surface area contributed by atoms with Gasteiger partial charge in [0.25, 0.3) is 0 Å². The molecular formula is C36H30Si. The Bertz CT molecular complexity index is 1120. The molecule has 0 heterocycles. The van der Waals surface area contributed by atoms with Crippen molar-refractivity contribution in [3.8, 4) is 0 Å². The van der Waals surface area contributed by atoms with Crippen LogP contribution in [0.5, 0.6) is 0 Å². The molecule has 6 rings (SSSR count). The summed E-state index contributed by atoms with van der Waals surface area (Å²) in [5.74, 6) is 8.09. The van der Waals surface area contributed by atoms with E-state index in [1.54, 1.807) is 0 Å². The maximum absolute atomic E-state index is 4.08. The van der Waals surface area contributed by atoms with Crippen LogP contribution in [0.15, 0.2) is 135 Å². The molecule has 0 atom stereocenters. The smallest absolute Gasteiger partial charge is 0.103 e. The Morgan fingerprint density at radius 1 is 0.514 bits per heavy atom. The average molecular weight is 491 g/mol. The Morgan fingerprint density at radius 3 is 1.27 bits per heavy atom. The molecule has 1 heteroatoms. The molecule has 0 nitrogen and oxygen atoms in total. The highest BCUT2D eigenvalue weighted by atomic mass is 28.3. The Balaban J connectivity index is 1.60. The lowest BCUT2D eigenvalue weighted by Gasteiger charge is -2.46. The third kappa shape index (κ3) is 4.03. The molecule has 0 spiro atoms. The molecular weight excluding hydrogens is 460 g/mol. The number of rotatable bonds is 8. The lowest BCUT2D eigenvalue weighted by Crippen LogP contribution is -2.68. The van der Waals surface area contributed by atoms with Gasteiger partial charge >= 0.3 is 0 Å². The Hall–Kier alpha value is -2.90. The molecule has 0 saturated heterocycles. The normalized spacial score (nSPS) is 22.1. The fraction of sp³-hybridized carbons (Fsp3) is 0.0556. The van der Waals surface area contributed by atoms with Gasteiger partial charge in [0, 0.05) is 23.7 Å². The van der Waals surface area contributed by atoms with Crippen LogP contribution in [0.1, 0.15) is 12.8 Å². The van der Waals surface area contributed by atoms with Crippen LogP contribution in [0.3, 0.4) is 0 Å². The van der Waals surface area contributed by atoms with Crippen molar-refractivity contribution >= 4 is 18.4 Å². The van der Waals surface area contributed by atoms with Gasteiger partial charge in [-0.15, -0.1) is 13.2 Å². The molecule has 2 aromatic carbocycles. The molecule has 4 aliphatic carbocycles. The largest absolute Gasteiger partial charge is 0.133 e. The standard InChI is InChI=1S/C36H30Si/c1-3-15-27-25-35(33-23-13-11-21-31(27)33)37(29-17-7-5-8-18-29,30-19-9-6-10-20-30)36-26-28(16-4-2)32-22-12-14-24-34(32)36/h3-14,17-26H,1-2,15-16H2. The highest BCUT2D eigenvalue weighted by molar-refractivity contribution is 7.11. The van der Waals surface area contributed by atoms with Gasteiger partial charge in [-0.2, -0.15) is 0 Å². The summed E-state index contributed by atoms with van der Waals surface area (Å²) in [5, 5.41) is 2.81. The molecule has 0 unspecified atom stereocenters. The van der Waals surface area contributed by atoms with Crippen molar-refractivity contribution in [2.75, 3.05) is 0 Å². The van der Waals surface area contributed by atoms with Gasteiger partial charge in [0.05, 0.1) is 0 Å². The topological polar surface area (TPSA) is 0 Å². The van der Waals surface area contributed by atoms with E-state index in [2.05, 4.69) is 135 Å². The van der Waals surface area contributed by atoms with Crippen molar-refractivity contribution in [3.05, 3.63) is 194 Å². The van der Waals surface area contributed by atoms with Crippen LogP contribution < -0.4 is 10.4 Å². The predicted octanol–water partition coefficient (Wildman–Crippen LogP) is 6.76. The molecule has 10 radical (unpaired) electrons. The molecule has 2 aromatic rings. The zero-order valence-electron chi connectivity index (χ0n) is 21.0. The van der Waals surface area contributed by atoms with Crippen molar-refractivity contribution in [1.29, 1.82) is 0 Å². The van der Waals surface area contributed by atoms with Gasteiger partial charge < -0.3 is 0 Å². The molecule has 0 aliphatic heterocycles. The van der Waals surface area contributed by atoms with Crippen LogP contribution in [0.4, 0.5) is 0 Å². The first kappa shape index (κ1) is 24.4. The van der Waals surface area contributed by atoms with Crippen LogP contribution in [0.25, 0.3) is 0 Å². The summed E-state index contributed by atoms with van der Waals surface area (Å²) in [6.07, 6.45) is 28.6. The van der Waals surface area contributed by atoms with E-state index in [-0.39, 0.29) is 0 Å². The molecule has 4 aliphatic rings. The Kier molecular flexibility index (Phi) is 6.91. The molecule has 2 saturated carbocycles. The zero-order valence-corrected chi connectivity index (χ0v) is 22.0. The quantitative estimate of drug-likeness (QED) is 0.283. The summed E-state index contributed by atoms with van der Waals surface area (Å²) in [5.41, 5.74) is 2.91. The van der Waals surface area contributed by atoms with Gasteiger partial charge in [-0.05, 0) is 48.6 Å².